The van der Waals surface area contributed by atoms with Gasteiger partial charge in [0.1, 0.15) is 16.8 Å². The van der Waals surface area contributed by atoms with Crippen molar-refractivity contribution in [1.82, 2.24) is 0 Å². The first-order valence-electron chi connectivity index (χ1n) is 8.32. The highest BCUT2D eigenvalue weighted by molar-refractivity contribution is 7.16. The summed E-state index contributed by atoms with van der Waals surface area (Å²) in [4.78, 5) is 13.5. The third kappa shape index (κ3) is 4.15. The number of rotatable bonds is 4. The molecule has 130 valence electrons. The number of thiophene rings is 1. The van der Waals surface area contributed by atoms with Gasteiger partial charge in [0.2, 0.25) is 0 Å². The van der Waals surface area contributed by atoms with E-state index in [1.54, 1.807) is 18.2 Å². The van der Waals surface area contributed by atoms with Gasteiger partial charge < -0.3 is 10.1 Å². The van der Waals surface area contributed by atoms with Crippen LogP contribution in [-0.2, 0) is 17.6 Å². The highest BCUT2D eigenvalue weighted by Gasteiger charge is 2.21. The van der Waals surface area contributed by atoms with E-state index >= 15 is 0 Å². The lowest BCUT2D eigenvalue weighted by atomic mass is 10.1. The molecule has 1 heterocycles. The van der Waals surface area contributed by atoms with Crippen LogP contribution >= 0.6 is 22.9 Å². The first kappa shape index (κ1) is 17.8. The number of ether oxygens (including phenoxy) is 1. The molecule has 0 atom stereocenters. The van der Waals surface area contributed by atoms with E-state index in [-0.39, 0.29) is 12.5 Å². The Kier molecular flexibility index (Phi) is 5.62. The van der Waals surface area contributed by atoms with E-state index in [0.717, 1.165) is 36.8 Å². The fourth-order valence-electron chi connectivity index (χ4n) is 3.03. The zero-order valence-corrected chi connectivity index (χ0v) is 15.6. The van der Waals surface area contributed by atoms with Crippen LogP contribution in [0.3, 0.4) is 0 Å². The molecule has 2 aromatic rings. The molecule has 25 heavy (non-hydrogen) atoms. The van der Waals surface area contributed by atoms with E-state index in [2.05, 4.69) is 11.4 Å². The summed E-state index contributed by atoms with van der Waals surface area (Å²) in [5.74, 6) is 0.365. The van der Waals surface area contributed by atoms with Crippen LogP contribution in [0.5, 0.6) is 5.75 Å². The maximum absolute atomic E-state index is 12.2. The summed E-state index contributed by atoms with van der Waals surface area (Å²) in [7, 11) is 0. The first-order valence-corrected chi connectivity index (χ1v) is 9.51. The van der Waals surface area contributed by atoms with Crippen molar-refractivity contribution < 1.29 is 9.53 Å². The van der Waals surface area contributed by atoms with Crippen LogP contribution in [0.25, 0.3) is 0 Å². The zero-order valence-electron chi connectivity index (χ0n) is 14.0. The SMILES string of the molecule is Cc1cc(Cl)ccc1OCC(=O)Nc1sc2c(c1C#N)CCCCC2. The van der Waals surface area contributed by atoms with Gasteiger partial charge in [-0.15, -0.1) is 11.3 Å². The second kappa shape index (κ2) is 7.90. The lowest BCUT2D eigenvalue weighted by Crippen LogP contribution is -2.20. The molecule has 1 aromatic heterocycles. The topological polar surface area (TPSA) is 62.1 Å². The Labute approximate surface area is 156 Å². The van der Waals surface area contributed by atoms with Crippen LogP contribution in [-0.4, -0.2) is 12.5 Å². The van der Waals surface area contributed by atoms with Crippen LogP contribution in [0.15, 0.2) is 18.2 Å². The minimum absolute atomic E-state index is 0.101. The van der Waals surface area contributed by atoms with Crippen molar-refractivity contribution in [3.8, 4) is 11.8 Å². The number of anilines is 1. The Balaban J connectivity index is 1.68. The molecule has 1 aliphatic carbocycles. The van der Waals surface area contributed by atoms with Gasteiger partial charge in [-0.1, -0.05) is 18.0 Å². The number of aryl methyl sites for hydroxylation is 2. The molecular weight excluding hydrogens is 356 g/mol. The van der Waals surface area contributed by atoms with Gasteiger partial charge >= 0.3 is 0 Å². The van der Waals surface area contributed by atoms with E-state index in [1.807, 2.05) is 6.92 Å². The van der Waals surface area contributed by atoms with Crippen molar-refractivity contribution >= 4 is 33.8 Å². The van der Waals surface area contributed by atoms with Gasteiger partial charge in [-0.2, -0.15) is 5.26 Å². The fourth-order valence-corrected chi connectivity index (χ4v) is 4.51. The number of nitriles is 1. The number of carbonyl (C=O) groups excluding carboxylic acids is 1. The average Bonchev–Trinajstić information content (AvgIpc) is 2.74. The number of carbonyl (C=O) groups is 1. The maximum Gasteiger partial charge on any atom is 0.262 e. The smallest absolute Gasteiger partial charge is 0.262 e. The molecular formula is C19H19ClN2O2S. The second-order valence-corrected chi connectivity index (χ2v) is 7.67. The largest absolute Gasteiger partial charge is 0.483 e. The standard InChI is InChI=1S/C19H19ClN2O2S/c1-12-9-13(20)7-8-16(12)24-11-18(23)22-19-15(10-21)14-5-3-2-4-6-17(14)25-19/h7-9H,2-6,11H2,1H3,(H,22,23). The summed E-state index contributed by atoms with van der Waals surface area (Å²) in [5, 5.41) is 13.6. The van der Waals surface area contributed by atoms with Crippen LogP contribution in [0, 0.1) is 18.3 Å². The number of benzene rings is 1. The number of fused-ring (bicyclic) bond motifs is 1. The summed E-state index contributed by atoms with van der Waals surface area (Å²) in [6.45, 7) is 1.78. The van der Waals surface area contributed by atoms with E-state index in [0.29, 0.717) is 21.3 Å². The highest BCUT2D eigenvalue weighted by atomic mass is 35.5. The van der Waals surface area contributed by atoms with Crippen LogP contribution in [0.1, 0.15) is 40.8 Å². The van der Waals surface area contributed by atoms with E-state index in [1.165, 1.54) is 22.6 Å². The Morgan fingerprint density at radius 2 is 2.16 bits per heavy atom. The molecule has 1 N–H and O–H groups in total. The number of nitrogens with zero attached hydrogens (tertiary/aromatic N) is 1. The second-order valence-electron chi connectivity index (χ2n) is 6.13. The summed E-state index contributed by atoms with van der Waals surface area (Å²) >= 11 is 7.45. The molecule has 3 rings (SSSR count). The van der Waals surface area contributed by atoms with Crippen molar-refractivity contribution in [2.75, 3.05) is 11.9 Å². The first-order chi connectivity index (χ1) is 12.1. The van der Waals surface area contributed by atoms with Crippen molar-refractivity contribution in [1.29, 1.82) is 5.26 Å². The van der Waals surface area contributed by atoms with Gasteiger partial charge in [0.15, 0.2) is 6.61 Å². The summed E-state index contributed by atoms with van der Waals surface area (Å²) in [5.41, 5.74) is 2.62. The predicted octanol–water partition coefficient (Wildman–Crippen LogP) is 4.87. The van der Waals surface area contributed by atoms with Crippen molar-refractivity contribution in [3.63, 3.8) is 0 Å². The van der Waals surface area contributed by atoms with Crippen molar-refractivity contribution in [2.24, 2.45) is 0 Å². The minimum Gasteiger partial charge on any atom is -0.483 e. The molecule has 0 aliphatic heterocycles. The minimum atomic E-state index is -0.262. The summed E-state index contributed by atoms with van der Waals surface area (Å²) < 4.78 is 5.57. The molecule has 0 unspecified atom stereocenters. The van der Waals surface area contributed by atoms with E-state index < -0.39 is 0 Å². The molecule has 0 saturated carbocycles. The number of halogens is 1. The van der Waals surface area contributed by atoms with Gasteiger partial charge in [0.25, 0.3) is 5.91 Å². The summed E-state index contributed by atoms with van der Waals surface area (Å²) in [6.07, 6.45) is 5.35. The molecule has 0 fully saturated rings. The van der Waals surface area contributed by atoms with Gasteiger partial charge in [-0.3, -0.25) is 4.79 Å². The van der Waals surface area contributed by atoms with Crippen molar-refractivity contribution in [2.45, 2.75) is 39.0 Å². The van der Waals surface area contributed by atoms with Gasteiger partial charge in [0.05, 0.1) is 5.56 Å². The molecule has 0 radical (unpaired) electrons. The Hall–Kier alpha value is -2.03. The normalized spacial score (nSPS) is 13.5. The van der Waals surface area contributed by atoms with Crippen LogP contribution in [0.2, 0.25) is 5.02 Å². The average molecular weight is 375 g/mol. The van der Waals surface area contributed by atoms with Crippen LogP contribution in [0.4, 0.5) is 5.00 Å². The fraction of sp³-hybridized carbons (Fsp3) is 0.368. The molecule has 4 nitrogen and oxygen atoms in total. The molecule has 0 saturated heterocycles. The van der Waals surface area contributed by atoms with Gasteiger partial charge in [-0.05, 0) is 61.9 Å². The number of hydrogen-bond acceptors (Lipinski definition) is 4. The van der Waals surface area contributed by atoms with Gasteiger partial charge in [0, 0.05) is 9.90 Å². The summed E-state index contributed by atoms with van der Waals surface area (Å²) in [6, 6.07) is 7.53. The number of nitrogens with one attached hydrogen (secondary N) is 1. The lowest BCUT2D eigenvalue weighted by molar-refractivity contribution is -0.118. The molecule has 0 bridgehead atoms. The molecule has 1 amide bonds. The van der Waals surface area contributed by atoms with Crippen molar-refractivity contribution in [3.05, 3.63) is 44.8 Å². The Morgan fingerprint density at radius 3 is 2.92 bits per heavy atom. The third-order valence-electron chi connectivity index (χ3n) is 4.28. The Bertz CT molecular complexity index is 839. The molecule has 6 heteroatoms. The highest BCUT2D eigenvalue weighted by Crippen LogP contribution is 2.37. The number of hydrogen-bond donors (Lipinski definition) is 1. The lowest BCUT2D eigenvalue weighted by Gasteiger charge is -2.09. The molecule has 1 aliphatic rings. The zero-order chi connectivity index (χ0) is 17.8. The van der Waals surface area contributed by atoms with Gasteiger partial charge in [-0.25, -0.2) is 0 Å². The Morgan fingerprint density at radius 1 is 1.36 bits per heavy atom. The van der Waals surface area contributed by atoms with E-state index in [9.17, 15) is 10.1 Å². The monoisotopic (exact) mass is 374 g/mol. The van der Waals surface area contributed by atoms with Crippen LogP contribution < -0.4 is 10.1 Å². The molecule has 0 spiro atoms. The number of amides is 1. The quantitative estimate of drug-likeness (QED) is 0.776. The van der Waals surface area contributed by atoms with E-state index in [4.69, 9.17) is 16.3 Å². The maximum atomic E-state index is 12.2. The molecule has 1 aromatic carbocycles. The third-order valence-corrected chi connectivity index (χ3v) is 5.72. The predicted molar refractivity (Wildman–Crippen MR) is 101 cm³/mol.